The Morgan fingerprint density at radius 2 is 2.13 bits per heavy atom. The molecule has 0 amide bonds. The van der Waals surface area contributed by atoms with Crippen molar-refractivity contribution in [2.75, 3.05) is 20.6 Å². The third-order valence-electron chi connectivity index (χ3n) is 2.05. The van der Waals surface area contributed by atoms with Gasteiger partial charge in [0.15, 0.2) is 0 Å². The largest absolute Gasteiger partial charge is 0.391 e. The summed E-state index contributed by atoms with van der Waals surface area (Å²) in [5.41, 5.74) is 0.549. The lowest BCUT2D eigenvalue weighted by molar-refractivity contribution is 0.136. The molecule has 0 saturated carbocycles. The first-order chi connectivity index (χ1) is 6.99. The van der Waals surface area contributed by atoms with Crippen LogP contribution in [-0.2, 0) is 6.42 Å². The van der Waals surface area contributed by atoms with Crippen molar-refractivity contribution >= 4 is 15.9 Å². The highest BCUT2D eigenvalue weighted by atomic mass is 79.9. The third-order valence-corrected chi connectivity index (χ3v) is 2.54. The molecule has 0 radical (unpaired) electrons. The summed E-state index contributed by atoms with van der Waals surface area (Å²) in [6.07, 6.45) is -0.187. The zero-order valence-electron chi connectivity index (χ0n) is 8.87. The molecular weight excluding hydrogens is 261 g/mol. The van der Waals surface area contributed by atoms with Crippen molar-refractivity contribution in [3.63, 3.8) is 0 Å². The van der Waals surface area contributed by atoms with E-state index in [2.05, 4.69) is 15.9 Å². The summed E-state index contributed by atoms with van der Waals surface area (Å²) in [4.78, 5) is 1.88. The van der Waals surface area contributed by atoms with Gasteiger partial charge in [0.1, 0.15) is 5.82 Å². The third kappa shape index (κ3) is 4.28. The van der Waals surface area contributed by atoms with Crippen molar-refractivity contribution in [3.8, 4) is 0 Å². The van der Waals surface area contributed by atoms with Crippen molar-refractivity contribution in [1.29, 1.82) is 0 Å². The first-order valence-corrected chi connectivity index (χ1v) is 5.55. The number of aliphatic hydroxyl groups is 1. The molecule has 0 aliphatic carbocycles. The number of hydrogen-bond acceptors (Lipinski definition) is 2. The quantitative estimate of drug-likeness (QED) is 0.909. The van der Waals surface area contributed by atoms with E-state index in [-0.39, 0.29) is 5.82 Å². The van der Waals surface area contributed by atoms with Gasteiger partial charge in [-0.1, -0.05) is 22.0 Å². The van der Waals surface area contributed by atoms with Crippen molar-refractivity contribution in [2.45, 2.75) is 12.5 Å². The van der Waals surface area contributed by atoms with Gasteiger partial charge < -0.3 is 10.0 Å². The minimum Gasteiger partial charge on any atom is -0.391 e. The highest BCUT2D eigenvalue weighted by Crippen LogP contribution is 2.16. The maximum absolute atomic E-state index is 13.4. The Kier molecular flexibility index (Phi) is 4.70. The molecule has 0 aliphatic heterocycles. The van der Waals surface area contributed by atoms with E-state index >= 15 is 0 Å². The maximum atomic E-state index is 13.4. The fraction of sp³-hybridized carbons (Fsp3) is 0.455. The number of hydrogen-bond donors (Lipinski definition) is 1. The molecule has 0 aromatic heterocycles. The van der Waals surface area contributed by atoms with Gasteiger partial charge >= 0.3 is 0 Å². The van der Waals surface area contributed by atoms with E-state index in [0.717, 1.165) is 0 Å². The second-order valence-electron chi connectivity index (χ2n) is 3.86. The Morgan fingerprint density at radius 3 is 2.67 bits per heavy atom. The summed E-state index contributed by atoms with van der Waals surface area (Å²) in [6, 6.07) is 4.89. The van der Waals surface area contributed by atoms with Gasteiger partial charge in [0.2, 0.25) is 0 Å². The van der Waals surface area contributed by atoms with Crippen LogP contribution in [0.4, 0.5) is 4.39 Å². The van der Waals surface area contributed by atoms with Gasteiger partial charge in [-0.05, 0) is 31.8 Å². The fourth-order valence-corrected chi connectivity index (χ4v) is 1.76. The van der Waals surface area contributed by atoms with Gasteiger partial charge in [-0.25, -0.2) is 4.39 Å². The van der Waals surface area contributed by atoms with Gasteiger partial charge in [-0.3, -0.25) is 0 Å². The normalized spacial score (nSPS) is 13.2. The monoisotopic (exact) mass is 275 g/mol. The predicted octanol–water partition coefficient (Wildman–Crippen LogP) is 2.05. The average molecular weight is 276 g/mol. The van der Waals surface area contributed by atoms with Crippen LogP contribution in [0, 0.1) is 5.82 Å². The van der Waals surface area contributed by atoms with Crippen LogP contribution in [0.25, 0.3) is 0 Å². The Balaban J connectivity index is 2.64. The molecule has 4 heteroatoms. The number of benzene rings is 1. The highest BCUT2D eigenvalue weighted by Gasteiger charge is 2.10. The molecular formula is C11H15BrFNO. The molecule has 15 heavy (non-hydrogen) atoms. The Labute approximate surface area is 97.8 Å². The minimum absolute atomic E-state index is 0.276. The van der Waals surface area contributed by atoms with Crippen molar-refractivity contribution < 1.29 is 9.50 Å². The predicted molar refractivity (Wildman–Crippen MR) is 62.4 cm³/mol. The van der Waals surface area contributed by atoms with E-state index in [1.54, 1.807) is 12.1 Å². The van der Waals surface area contributed by atoms with Gasteiger partial charge in [-0.2, -0.15) is 0 Å². The zero-order valence-corrected chi connectivity index (χ0v) is 10.5. The lowest BCUT2D eigenvalue weighted by Gasteiger charge is -2.16. The molecule has 0 spiro atoms. The number of likely N-dealkylation sites (N-methyl/N-ethyl adjacent to an activating group) is 1. The lowest BCUT2D eigenvalue weighted by Crippen LogP contribution is -2.27. The lowest BCUT2D eigenvalue weighted by atomic mass is 10.1. The van der Waals surface area contributed by atoms with E-state index in [1.807, 2.05) is 19.0 Å². The Hall–Kier alpha value is -0.450. The van der Waals surface area contributed by atoms with Gasteiger partial charge in [0.05, 0.1) is 6.10 Å². The van der Waals surface area contributed by atoms with Crippen LogP contribution >= 0.6 is 15.9 Å². The zero-order chi connectivity index (χ0) is 11.4. The smallest absolute Gasteiger partial charge is 0.127 e. The van der Waals surface area contributed by atoms with Gasteiger partial charge in [0, 0.05) is 17.4 Å². The summed E-state index contributed by atoms with van der Waals surface area (Å²) in [5.74, 6) is -0.276. The van der Waals surface area contributed by atoms with E-state index in [0.29, 0.717) is 23.0 Å². The maximum Gasteiger partial charge on any atom is 0.127 e. The molecule has 0 saturated heterocycles. The van der Waals surface area contributed by atoms with Gasteiger partial charge in [-0.15, -0.1) is 0 Å². The van der Waals surface area contributed by atoms with E-state index in [4.69, 9.17) is 0 Å². The van der Waals surface area contributed by atoms with Crippen LogP contribution in [0.3, 0.4) is 0 Å². The second-order valence-corrected chi connectivity index (χ2v) is 4.77. The molecule has 2 nitrogen and oxygen atoms in total. The average Bonchev–Trinajstić information content (AvgIpc) is 2.08. The van der Waals surface area contributed by atoms with Crippen LogP contribution in [0.5, 0.6) is 0 Å². The fourth-order valence-electron chi connectivity index (χ4n) is 1.43. The molecule has 0 aliphatic rings. The van der Waals surface area contributed by atoms with E-state index in [9.17, 15) is 9.50 Å². The molecule has 1 aromatic carbocycles. The summed E-state index contributed by atoms with van der Waals surface area (Å²) >= 11 is 3.19. The standard InChI is InChI=1S/C11H15BrFNO/c1-14(2)7-10(15)5-8-3-4-9(12)6-11(8)13/h3-4,6,10,15H,5,7H2,1-2H3. The van der Waals surface area contributed by atoms with Crippen molar-refractivity contribution in [2.24, 2.45) is 0 Å². The molecule has 1 N–H and O–H groups in total. The molecule has 1 rings (SSSR count). The molecule has 84 valence electrons. The minimum atomic E-state index is -0.532. The number of halogens is 2. The topological polar surface area (TPSA) is 23.5 Å². The van der Waals surface area contributed by atoms with Crippen LogP contribution in [0.15, 0.2) is 22.7 Å². The Morgan fingerprint density at radius 1 is 1.47 bits per heavy atom. The van der Waals surface area contributed by atoms with Crippen LogP contribution < -0.4 is 0 Å². The highest BCUT2D eigenvalue weighted by molar-refractivity contribution is 9.10. The molecule has 1 atom stereocenters. The first-order valence-electron chi connectivity index (χ1n) is 4.75. The molecule has 0 heterocycles. The number of aliphatic hydroxyl groups excluding tert-OH is 1. The second kappa shape index (κ2) is 5.58. The summed E-state index contributed by atoms with van der Waals surface area (Å²) in [7, 11) is 3.75. The summed E-state index contributed by atoms with van der Waals surface area (Å²) in [5, 5.41) is 9.65. The van der Waals surface area contributed by atoms with Crippen LogP contribution in [-0.4, -0.2) is 36.8 Å². The molecule has 0 bridgehead atoms. The van der Waals surface area contributed by atoms with Crippen molar-refractivity contribution in [1.82, 2.24) is 4.90 Å². The number of nitrogens with zero attached hydrogens (tertiary/aromatic N) is 1. The van der Waals surface area contributed by atoms with Crippen LogP contribution in [0.1, 0.15) is 5.56 Å². The van der Waals surface area contributed by atoms with Crippen LogP contribution in [0.2, 0.25) is 0 Å². The summed E-state index contributed by atoms with van der Waals surface area (Å²) in [6.45, 7) is 0.537. The first kappa shape index (κ1) is 12.6. The molecule has 1 aromatic rings. The van der Waals surface area contributed by atoms with E-state index < -0.39 is 6.10 Å². The SMILES string of the molecule is CN(C)CC(O)Cc1ccc(Br)cc1F. The van der Waals surface area contributed by atoms with Gasteiger partial charge in [0.25, 0.3) is 0 Å². The number of rotatable bonds is 4. The Bertz CT molecular complexity index is 330. The van der Waals surface area contributed by atoms with Crippen molar-refractivity contribution in [3.05, 3.63) is 34.1 Å². The molecule has 1 unspecified atom stereocenters. The summed E-state index contributed by atoms with van der Waals surface area (Å²) < 4.78 is 14.1. The molecule has 0 fully saturated rings. The van der Waals surface area contributed by atoms with E-state index in [1.165, 1.54) is 6.07 Å².